The number of ether oxygens (including phenoxy) is 2. The summed E-state index contributed by atoms with van der Waals surface area (Å²) in [6.45, 7) is 3.54. The molecule has 144 valence electrons. The van der Waals surface area contributed by atoms with Crippen LogP contribution in [-0.4, -0.2) is 40.2 Å². The molecule has 3 rings (SSSR count). The maximum Gasteiger partial charge on any atom is 0.342 e. The van der Waals surface area contributed by atoms with E-state index < -0.39 is 5.97 Å². The molecule has 2 heterocycles. The zero-order chi connectivity index (χ0) is 20.1. The van der Waals surface area contributed by atoms with Gasteiger partial charge in [0.05, 0.1) is 19.0 Å². The van der Waals surface area contributed by atoms with Gasteiger partial charge in [0.1, 0.15) is 11.3 Å². The molecule has 0 atom stereocenters. The van der Waals surface area contributed by atoms with Gasteiger partial charge in [0.25, 0.3) is 0 Å². The minimum Gasteiger partial charge on any atom is -0.497 e. The second-order valence-corrected chi connectivity index (χ2v) is 6.43. The Morgan fingerprint density at radius 1 is 1.14 bits per heavy atom. The number of ketones is 1. The van der Waals surface area contributed by atoms with Gasteiger partial charge >= 0.3 is 5.97 Å². The zero-order valence-electron chi connectivity index (χ0n) is 16.0. The van der Waals surface area contributed by atoms with Crippen molar-refractivity contribution in [1.82, 2.24) is 14.8 Å². The highest BCUT2D eigenvalue weighted by molar-refractivity contribution is 5.99. The molecule has 0 aliphatic rings. The van der Waals surface area contributed by atoms with Gasteiger partial charge in [0, 0.05) is 11.8 Å². The van der Waals surface area contributed by atoms with Crippen LogP contribution in [0.4, 0.5) is 0 Å². The number of hydrogen-bond acceptors (Lipinski definition) is 6. The Labute approximate surface area is 162 Å². The predicted octanol–water partition coefficient (Wildman–Crippen LogP) is 3.44. The van der Waals surface area contributed by atoms with Crippen molar-refractivity contribution >= 4 is 11.8 Å². The van der Waals surface area contributed by atoms with E-state index in [2.05, 4.69) is 10.1 Å². The lowest BCUT2D eigenvalue weighted by atomic mass is 10.1. The highest BCUT2D eigenvalue weighted by Crippen LogP contribution is 2.23. The minimum atomic E-state index is -0.595. The first-order valence-electron chi connectivity index (χ1n) is 8.85. The van der Waals surface area contributed by atoms with Crippen molar-refractivity contribution in [2.45, 2.75) is 19.8 Å². The zero-order valence-corrected chi connectivity index (χ0v) is 16.0. The van der Waals surface area contributed by atoms with Crippen molar-refractivity contribution in [2.75, 3.05) is 13.7 Å². The maximum atomic E-state index is 12.6. The maximum absolute atomic E-state index is 12.6. The number of carbonyl (C=O) groups is 2. The van der Waals surface area contributed by atoms with Gasteiger partial charge in [-0.25, -0.2) is 14.5 Å². The lowest BCUT2D eigenvalue weighted by Gasteiger charge is -2.12. The Morgan fingerprint density at radius 2 is 1.96 bits per heavy atom. The molecule has 0 radical (unpaired) electrons. The average molecular weight is 379 g/mol. The molecular weight excluding hydrogens is 358 g/mol. The number of rotatable bonds is 7. The number of benzene rings is 1. The van der Waals surface area contributed by atoms with E-state index in [9.17, 15) is 9.59 Å². The van der Waals surface area contributed by atoms with Gasteiger partial charge in [-0.05, 0) is 30.2 Å². The second kappa shape index (κ2) is 8.47. The van der Waals surface area contributed by atoms with E-state index in [1.165, 1.54) is 13.3 Å². The van der Waals surface area contributed by atoms with E-state index in [0.29, 0.717) is 28.4 Å². The summed E-state index contributed by atoms with van der Waals surface area (Å²) in [6.07, 6.45) is 3.11. The number of Topliss-reactive ketones (excluding diaryl/α,β-unsaturated/α-hetero) is 1. The second-order valence-electron chi connectivity index (χ2n) is 6.43. The SMILES string of the molecule is COc1cccc(C(=O)COC(=O)c2cnn(-c3ccccn3)c2C(C)C)c1. The summed E-state index contributed by atoms with van der Waals surface area (Å²) in [5.74, 6) is 0.271. The predicted molar refractivity (Wildman–Crippen MR) is 103 cm³/mol. The van der Waals surface area contributed by atoms with Crippen LogP contribution in [0.1, 0.15) is 46.2 Å². The number of methoxy groups -OCH3 is 1. The van der Waals surface area contributed by atoms with Gasteiger partial charge in [-0.2, -0.15) is 5.10 Å². The molecular formula is C21H21N3O4. The summed E-state index contributed by atoms with van der Waals surface area (Å²) >= 11 is 0. The fourth-order valence-corrected chi connectivity index (χ4v) is 2.82. The molecule has 28 heavy (non-hydrogen) atoms. The van der Waals surface area contributed by atoms with Crippen LogP contribution in [0.5, 0.6) is 5.75 Å². The van der Waals surface area contributed by atoms with Crippen molar-refractivity contribution in [1.29, 1.82) is 0 Å². The van der Waals surface area contributed by atoms with Crippen molar-refractivity contribution < 1.29 is 19.1 Å². The molecule has 3 aromatic rings. The summed E-state index contributed by atoms with van der Waals surface area (Å²) in [4.78, 5) is 29.2. The molecule has 0 saturated heterocycles. The molecule has 0 unspecified atom stereocenters. The van der Waals surface area contributed by atoms with Crippen molar-refractivity contribution in [2.24, 2.45) is 0 Å². The van der Waals surface area contributed by atoms with Crippen LogP contribution in [-0.2, 0) is 4.74 Å². The molecule has 7 heteroatoms. The van der Waals surface area contributed by atoms with Crippen LogP contribution < -0.4 is 4.74 Å². The van der Waals surface area contributed by atoms with E-state index in [-0.39, 0.29) is 18.3 Å². The Balaban J connectivity index is 1.77. The van der Waals surface area contributed by atoms with Crippen LogP contribution in [0.3, 0.4) is 0 Å². The molecule has 0 spiro atoms. The van der Waals surface area contributed by atoms with Gasteiger partial charge in [-0.3, -0.25) is 4.79 Å². The molecule has 2 aromatic heterocycles. The standard InChI is InChI=1S/C21H21N3O4/c1-14(2)20-17(12-23-24(20)19-9-4-5-10-22-19)21(26)28-13-18(25)15-7-6-8-16(11-15)27-3/h4-12,14H,13H2,1-3H3. The third-order valence-corrected chi connectivity index (χ3v) is 4.17. The first kappa shape index (κ1) is 19.3. The average Bonchev–Trinajstić information content (AvgIpc) is 3.18. The van der Waals surface area contributed by atoms with Gasteiger partial charge in [0.2, 0.25) is 0 Å². The summed E-state index contributed by atoms with van der Waals surface area (Å²) in [5.41, 5.74) is 1.41. The van der Waals surface area contributed by atoms with E-state index in [4.69, 9.17) is 9.47 Å². The summed E-state index contributed by atoms with van der Waals surface area (Å²) in [6, 6.07) is 12.2. The van der Waals surface area contributed by atoms with Gasteiger partial charge in [-0.15, -0.1) is 0 Å². The van der Waals surface area contributed by atoms with Gasteiger partial charge in [0.15, 0.2) is 18.2 Å². The molecule has 0 amide bonds. The molecule has 1 aromatic carbocycles. The topological polar surface area (TPSA) is 83.3 Å². The van der Waals surface area contributed by atoms with Crippen molar-refractivity contribution in [3.63, 3.8) is 0 Å². The fraction of sp³-hybridized carbons (Fsp3) is 0.238. The highest BCUT2D eigenvalue weighted by atomic mass is 16.5. The Morgan fingerprint density at radius 3 is 2.64 bits per heavy atom. The summed E-state index contributed by atoms with van der Waals surface area (Å²) in [5, 5.41) is 4.29. The Hall–Kier alpha value is -3.48. The quantitative estimate of drug-likeness (QED) is 0.462. The van der Waals surface area contributed by atoms with Gasteiger partial charge < -0.3 is 9.47 Å². The number of hydrogen-bond donors (Lipinski definition) is 0. The van der Waals surface area contributed by atoms with Crippen LogP contribution >= 0.6 is 0 Å². The molecule has 0 aliphatic heterocycles. The number of pyridine rings is 1. The molecule has 0 bridgehead atoms. The molecule has 7 nitrogen and oxygen atoms in total. The number of carbonyl (C=O) groups excluding carboxylic acids is 2. The number of aromatic nitrogens is 3. The van der Waals surface area contributed by atoms with Crippen LogP contribution in [0.25, 0.3) is 5.82 Å². The van der Waals surface area contributed by atoms with Crippen molar-refractivity contribution in [3.05, 3.63) is 71.7 Å². The fourth-order valence-electron chi connectivity index (χ4n) is 2.82. The Bertz CT molecular complexity index is 980. The van der Waals surface area contributed by atoms with Crippen molar-refractivity contribution in [3.8, 4) is 11.6 Å². The lowest BCUT2D eigenvalue weighted by Crippen LogP contribution is -2.16. The third kappa shape index (κ3) is 4.09. The largest absolute Gasteiger partial charge is 0.497 e. The minimum absolute atomic E-state index is 0.00106. The highest BCUT2D eigenvalue weighted by Gasteiger charge is 2.23. The number of esters is 1. The molecule has 0 aliphatic carbocycles. The first-order chi connectivity index (χ1) is 13.5. The first-order valence-corrected chi connectivity index (χ1v) is 8.85. The summed E-state index contributed by atoms with van der Waals surface area (Å²) < 4.78 is 12.0. The van der Waals surface area contributed by atoms with E-state index >= 15 is 0 Å². The van der Waals surface area contributed by atoms with Crippen LogP contribution in [0.15, 0.2) is 54.9 Å². The third-order valence-electron chi connectivity index (χ3n) is 4.17. The van der Waals surface area contributed by atoms with E-state index in [1.54, 1.807) is 47.3 Å². The van der Waals surface area contributed by atoms with Gasteiger partial charge in [-0.1, -0.05) is 32.0 Å². The molecule has 0 N–H and O–H groups in total. The monoisotopic (exact) mass is 379 g/mol. The summed E-state index contributed by atoms with van der Waals surface area (Å²) in [7, 11) is 1.52. The normalized spacial score (nSPS) is 10.7. The lowest BCUT2D eigenvalue weighted by molar-refractivity contribution is 0.0473. The number of nitrogens with zero attached hydrogens (tertiary/aromatic N) is 3. The van der Waals surface area contributed by atoms with Crippen LogP contribution in [0.2, 0.25) is 0 Å². The van der Waals surface area contributed by atoms with E-state index in [1.807, 2.05) is 19.9 Å². The Kier molecular flexibility index (Phi) is 5.84. The van der Waals surface area contributed by atoms with Crippen LogP contribution in [0, 0.1) is 0 Å². The van der Waals surface area contributed by atoms with E-state index in [0.717, 1.165) is 0 Å². The smallest absolute Gasteiger partial charge is 0.342 e. The molecule has 0 saturated carbocycles. The molecule has 0 fully saturated rings.